The molecule has 0 fully saturated rings. The Bertz CT molecular complexity index is 614. The maximum Gasteiger partial charge on any atom is 0.416 e. The summed E-state index contributed by atoms with van der Waals surface area (Å²) in [4.78, 5) is 6.77. The van der Waals surface area contributed by atoms with Gasteiger partial charge in [-0.2, -0.15) is 13.2 Å². The van der Waals surface area contributed by atoms with Crippen molar-refractivity contribution in [1.82, 2.24) is 9.97 Å². The molecule has 1 aromatic carbocycles. The number of aryl methyl sites for hydroxylation is 1. The summed E-state index contributed by atoms with van der Waals surface area (Å²) >= 11 is 4.90. The lowest BCUT2D eigenvalue weighted by Gasteiger charge is -2.09. The second kappa shape index (κ2) is 4.53. The molecule has 1 aromatic heterocycles. The topological polar surface area (TPSA) is 28.7 Å². The van der Waals surface area contributed by atoms with E-state index in [0.717, 1.165) is 17.7 Å². The molecule has 18 heavy (non-hydrogen) atoms. The molecule has 0 aliphatic rings. The highest BCUT2D eigenvalue weighted by Gasteiger charge is 2.30. The second-order valence-corrected chi connectivity index (χ2v) is 4.21. The number of hydrogen-bond acceptors (Lipinski definition) is 2. The normalized spacial score (nSPS) is 11.6. The van der Waals surface area contributed by atoms with Gasteiger partial charge in [-0.15, -0.1) is 0 Å². The van der Waals surface area contributed by atoms with Gasteiger partial charge in [-0.3, -0.25) is 0 Å². The molecule has 2 aromatic rings. The third kappa shape index (κ3) is 2.59. The number of rotatable bonds is 1. The van der Waals surface area contributed by atoms with Crippen molar-refractivity contribution in [1.29, 1.82) is 0 Å². The van der Waals surface area contributed by atoms with Crippen LogP contribution in [0.15, 0.2) is 30.5 Å². The van der Waals surface area contributed by atoms with E-state index in [-0.39, 0.29) is 0 Å². The molecule has 0 aliphatic heterocycles. The summed E-state index contributed by atoms with van der Waals surface area (Å²) in [5, 5.41) is 0. The first-order chi connectivity index (χ1) is 8.38. The zero-order chi connectivity index (χ0) is 13.3. The van der Waals surface area contributed by atoms with Crippen molar-refractivity contribution in [2.75, 3.05) is 0 Å². The quantitative estimate of drug-likeness (QED) is 0.789. The lowest BCUT2D eigenvalue weighted by atomic mass is 10.1. The Morgan fingerprint density at radius 1 is 1.17 bits per heavy atom. The first-order valence-corrected chi connectivity index (χ1v) is 5.52. The van der Waals surface area contributed by atoms with Crippen LogP contribution in [-0.4, -0.2) is 9.97 Å². The summed E-state index contributed by atoms with van der Waals surface area (Å²) in [5.74, 6) is 0. The lowest BCUT2D eigenvalue weighted by molar-refractivity contribution is -0.137. The molecule has 2 rings (SSSR count). The SMILES string of the molecule is Cc1cnc(=S)[nH]c1-c1ccc(C(F)(F)F)cc1. The van der Waals surface area contributed by atoms with Crippen LogP contribution >= 0.6 is 12.2 Å². The molecule has 1 N–H and O–H groups in total. The van der Waals surface area contributed by atoms with Crippen molar-refractivity contribution in [2.45, 2.75) is 13.1 Å². The largest absolute Gasteiger partial charge is 0.416 e. The van der Waals surface area contributed by atoms with Gasteiger partial charge >= 0.3 is 6.18 Å². The van der Waals surface area contributed by atoms with E-state index in [1.54, 1.807) is 6.20 Å². The smallest absolute Gasteiger partial charge is 0.330 e. The summed E-state index contributed by atoms with van der Waals surface area (Å²) in [7, 11) is 0. The standard InChI is InChI=1S/C12H9F3N2S/c1-7-6-16-11(18)17-10(7)8-2-4-9(5-3-8)12(13,14)15/h2-6H,1H3,(H,16,17,18). The summed E-state index contributed by atoms with van der Waals surface area (Å²) in [6, 6.07) is 4.92. The van der Waals surface area contributed by atoms with Gasteiger partial charge in [0.15, 0.2) is 4.77 Å². The summed E-state index contributed by atoms with van der Waals surface area (Å²) < 4.78 is 37.6. The molecule has 0 bridgehead atoms. The molecule has 0 unspecified atom stereocenters. The molecular formula is C12H9F3N2S. The predicted molar refractivity (Wildman–Crippen MR) is 64.6 cm³/mol. The number of halogens is 3. The Morgan fingerprint density at radius 3 is 2.33 bits per heavy atom. The molecule has 1 heterocycles. The summed E-state index contributed by atoms with van der Waals surface area (Å²) in [5.41, 5.74) is 1.48. The minimum atomic E-state index is -4.32. The van der Waals surface area contributed by atoms with Crippen LogP contribution in [0, 0.1) is 11.7 Å². The van der Waals surface area contributed by atoms with Crippen molar-refractivity contribution in [2.24, 2.45) is 0 Å². The van der Waals surface area contributed by atoms with Crippen LogP contribution in [0.5, 0.6) is 0 Å². The van der Waals surface area contributed by atoms with Crippen molar-refractivity contribution in [3.05, 3.63) is 46.4 Å². The number of benzene rings is 1. The number of H-pyrrole nitrogens is 1. The molecule has 94 valence electrons. The van der Waals surface area contributed by atoms with E-state index >= 15 is 0 Å². The molecule has 0 saturated carbocycles. The third-order valence-electron chi connectivity index (χ3n) is 2.50. The van der Waals surface area contributed by atoms with E-state index in [2.05, 4.69) is 9.97 Å². The second-order valence-electron chi connectivity index (χ2n) is 3.82. The Morgan fingerprint density at radius 2 is 1.78 bits per heavy atom. The van der Waals surface area contributed by atoms with Crippen LogP contribution in [0.4, 0.5) is 13.2 Å². The molecule has 6 heteroatoms. The van der Waals surface area contributed by atoms with Gasteiger partial charge in [0.2, 0.25) is 0 Å². The maximum atomic E-state index is 12.4. The third-order valence-corrected chi connectivity index (χ3v) is 2.71. The van der Waals surface area contributed by atoms with Gasteiger partial charge < -0.3 is 4.98 Å². The fourth-order valence-corrected chi connectivity index (χ4v) is 1.74. The van der Waals surface area contributed by atoms with Gasteiger partial charge in [0.1, 0.15) is 0 Å². The highest BCUT2D eigenvalue weighted by Crippen LogP contribution is 2.30. The van der Waals surface area contributed by atoms with Crippen molar-refractivity contribution in [3.8, 4) is 11.3 Å². The molecule has 0 radical (unpaired) electrons. The molecule has 0 atom stereocenters. The van der Waals surface area contributed by atoms with Crippen LogP contribution in [0.3, 0.4) is 0 Å². The summed E-state index contributed by atoms with van der Waals surface area (Å²) in [6.07, 6.45) is -2.73. The van der Waals surface area contributed by atoms with E-state index in [1.165, 1.54) is 12.1 Å². The Hall–Kier alpha value is -1.69. The first-order valence-electron chi connectivity index (χ1n) is 5.11. The fourth-order valence-electron chi connectivity index (χ4n) is 1.58. The van der Waals surface area contributed by atoms with E-state index in [0.29, 0.717) is 16.0 Å². The lowest BCUT2D eigenvalue weighted by Crippen LogP contribution is -2.04. The van der Waals surface area contributed by atoms with Crippen LogP contribution < -0.4 is 0 Å². The Kier molecular flexibility index (Phi) is 3.21. The highest BCUT2D eigenvalue weighted by molar-refractivity contribution is 7.71. The fraction of sp³-hybridized carbons (Fsp3) is 0.167. The Labute approximate surface area is 107 Å². The van der Waals surface area contributed by atoms with E-state index < -0.39 is 11.7 Å². The van der Waals surface area contributed by atoms with Crippen LogP contribution in [-0.2, 0) is 6.18 Å². The number of aromatic nitrogens is 2. The predicted octanol–water partition coefficient (Wildman–Crippen LogP) is 4.13. The Balaban J connectivity index is 2.47. The maximum absolute atomic E-state index is 12.4. The van der Waals surface area contributed by atoms with Crippen molar-refractivity contribution < 1.29 is 13.2 Å². The number of aromatic amines is 1. The average molecular weight is 270 g/mol. The van der Waals surface area contributed by atoms with Gasteiger partial charge in [-0.05, 0) is 42.4 Å². The monoisotopic (exact) mass is 270 g/mol. The molecule has 0 saturated heterocycles. The first kappa shape index (κ1) is 12.8. The van der Waals surface area contributed by atoms with E-state index in [4.69, 9.17) is 12.2 Å². The number of nitrogens with one attached hydrogen (secondary N) is 1. The van der Waals surface area contributed by atoms with Crippen LogP contribution in [0.1, 0.15) is 11.1 Å². The highest BCUT2D eigenvalue weighted by atomic mass is 32.1. The minimum absolute atomic E-state index is 0.301. The number of hydrogen-bond donors (Lipinski definition) is 1. The van der Waals surface area contributed by atoms with Gasteiger partial charge in [0.05, 0.1) is 11.3 Å². The average Bonchev–Trinajstić information content (AvgIpc) is 2.31. The van der Waals surface area contributed by atoms with E-state index in [9.17, 15) is 13.2 Å². The van der Waals surface area contributed by atoms with Gasteiger partial charge in [0, 0.05) is 6.20 Å². The zero-order valence-corrected chi connectivity index (χ0v) is 10.2. The number of alkyl halides is 3. The van der Waals surface area contributed by atoms with Gasteiger partial charge in [0.25, 0.3) is 0 Å². The van der Waals surface area contributed by atoms with Gasteiger partial charge in [-0.1, -0.05) is 12.1 Å². The molecule has 2 nitrogen and oxygen atoms in total. The van der Waals surface area contributed by atoms with E-state index in [1.807, 2.05) is 6.92 Å². The molecular weight excluding hydrogens is 261 g/mol. The zero-order valence-electron chi connectivity index (χ0n) is 9.38. The number of nitrogens with zero attached hydrogens (tertiary/aromatic N) is 1. The summed E-state index contributed by atoms with van der Waals surface area (Å²) in [6.45, 7) is 1.81. The van der Waals surface area contributed by atoms with Crippen LogP contribution in [0.2, 0.25) is 0 Å². The van der Waals surface area contributed by atoms with Crippen molar-refractivity contribution >= 4 is 12.2 Å². The molecule has 0 spiro atoms. The molecule has 0 amide bonds. The minimum Gasteiger partial charge on any atom is -0.330 e. The van der Waals surface area contributed by atoms with Gasteiger partial charge in [-0.25, -0.2) is 4.98 Å². The van der Waals surface area contributed by atoms with Crippen molar-refractivity contribution in [3.63, 3.8) is 0 Å². The molecule has 0 aliphatic carbocycles. The van der Waals surface area contributed by atoms with Crippen LogP contribution in [0.25, 0.3) is 11.3 Å².